The Kier molecular flexibility index (Phi) is 6.99. The van der Waals surface area contributed by atoms with E-state index in [4.69, 9.17) is 4.98 Å². The van der Waals surface area contributed by atoms with Crippen LogP contribution < -0.4 is 10.2 Å². The summed E-state index contributed by atoms with van der Waals surface area (Å²) in [5, 5.41) is 2.93. The van der Waals surface area contributed by atoms with Gasteiger partial charge in [-0.15, -0.1) is 0 Å². The van der Waals surface area contributed by atoms with Crippen molar-refractivity contribution in [1.82, 2.24) is 24.8 Å². The zero-order chi connectivity index (χ0) is 27.9. The van der Waals surface area contributed by atoms with E-state index in [1.807, 2.05) is 18.2 Å². The van der Waals surface area contributed by atoms with E-state index < -0.39 is 15.7 Å². The van der Waals surface area contributed by atoms with Crippen LogP contribution in [0.15, 0.2) is 59.8 Å². The number of carbonyl (C=O) groups excluding carboxylic acids is 1. The second kappa shape index (κ2) is 10.6. The van der Waals surface area contributed by atoms with Gasteiger partial charge >= 0.3 is 0 Å². The summed E-state index contributed by atoms with van der Waals surface area (Å²) in [6.07, 6.45) is 6.61. The molecule has 2 aliphatic rings. The van der Waals surface area contributed by atoms with Gasteiger partial charge in [-0.25, -0.2) is 27.8 Å². The Balaban J connectivity index is 1.19. The molecule has 2 aromatic carbocycles. The molecule has 2 aromatic heterocycles. The van der Waals surface area contributed by atoms with Crippen molar-refractivity contribution in [1.29, 1.82) is 0 Å². The highest BCUT2D eigenvalue weighted by Crippen LogP contribution is 2.41. The molecule has 40 heavy (non-hydrogen) atoms. The summed E-state index contributed by atoms with van der Waals surface area (Å²) < 4.78 is 39.7. The van der Waals surface area contributed by atoms with Crippen molar-refractivity contribution < 1.29 is 17.6 Å². The third kappa shape index (κ3) is 5.30. The number of anilines is 1. The van der Waals surface area contributed by atoms with Gasteiger partial charge in [0.15, 0.2) is 15.7 Å². The maximum absolute atomic E-state index is 13.4. The van der Waals surface area contributed by atoms with Crippen molar-refractivity contribution in [3.8, 4) is 0 Å². The number of rotatable bonds is 9. The molecule has 1 amide bonds. The molecule has 11 heteroatoms. The molecule has 1 N–H and O–H groups in total. The lowest BCUT2D eigenvalue weighted by molar-refractivity contribution is 0.0951. The fourth-order valence-corrected chi connectivity index (χ4v) is 6.24. The van der Waals surface area contributed by atoms with Gasteiger partial charge in [0.2, 0.25) is 5.95 Å². The van der Waals surface area contributed by atoms with Crippen LogP contribution in [0, 0.1) is 5.82 Å². The molecule has 1 atom stereocenters. The summed E-state index contributed by atoms with van der Waals surface area (Å²) >= 11 is 0. The summed E-state index contributed by atoms with van der Waals surface area (Å²) in [5.74, 6) is 1.39. The fraction of sp³-hybridized carbons (Fsp3) is 0.379. The van der Waals surface area contributed by atoms with E-state index in [1.165, 1.54) is 12.4 Å². The lowest BCUT2D eigenvalue weighted by atomic mass is 10.1. The SMILES string of the molecule is CCS(=O)(=O)c1ccc(CNC(=O)c2ccc3c(c2)nc(C2CC2)n3CC2CCCN2c2ncc(F)cn2)cc1. The Morgan fingerprint density at radius 3 is 2.52 bits per heavy atom. The zero-order valence-electron chi connectivity index (χ0n) is 22.3. The zero-order valence-corrected chi connectivity index (χ0v) is 23.1. The van der Waals surface area contributed by atoms with E-state index in [0.29, 0.717) is 17.4 Å². The summed E-state index contributed by atoms with van der Waals surface area (Å²) in [7, 11) is -3.26. The third-order valence-corrected chi connectivity index (χ3v) is 9.48. The Hall–Kier alpha value is -3.86. The molecule has 1 aliphatic heterocycles. The monoisotopic (exact) mass is 562 g/mol. The average Bonchev–Trinajstić information content (AvgIpc) is 3.61. The van der Waals surface area contributed by atoms with E-state index >= 15 is 0 Å². The number of benzene rings is 2. The number of sulfone groups is 1. The molecule has 0 radical (unpaired) electrons. The number of hydrogen-bond donors (Lipinski definition) is 1. The van der Waals surface area contributed by atoms with Crippen molar-refractivity contribution in [2.24, 2.45) is 0 Å². The van der Waals surface area contributed by atoms with Crippen molar-refractivity contribution >= 4 is 32.7 Å². The first-order chi connectivity index (χ1) is 19.3. The van der Waals surface area contributed by atoms with Gasteiger partial charge in [0.05, 0.1) is 34.1 Å². The second-order valence-electron chi connectivity index (χ2n) is 10.5. The minimum absolute atomic E-state index is 0.0470. The topological polar surface area (TPSA) is 110 Å². The van der Waals surface area contributed by atoms with Gasteiger partial charge in [0.25, 0.3) is 5.91 Å². The van der Waals surface area contributed by atoms with Gasteiger partial charge in [0.1, 0.15) is 5.82 Å². The Morgan fingerprint density at radius 2 is 1.82 bits per heavy atom. The maximum Gasteiger partial charge on any atom is 0.251 e. The van der Waals surface area contributed by atoms with Crippen molar-refractivity contribution in [2.75, 3.05) is 17.2 Å². The smallest absolute Gasteiger partial charge is 0.251 e. The van der Waals surface area contributed by atoms with Crippen molar-refractivity contribution in [3.05, 3.63) is 77.6 Å². The molecule has 1 saturated heterocycles. The predicted molar refractivity (Wildman–Crippen MR) is 149 cm³/mol. The van der Waals surface area contributed by atoms with E-state index in [9.17, 15) is 17.6 Å². The van der Waals surface area contributed by atoms with Crippen LogP contribution in [0.2, 0.25) is 0 Å². The summed E-state index contributed by atoms with van der Waals surface area (Å²) in [6, 6.07) is 12.4. The molecular formula is C29H31FN6O3S. The number of imidazole rings is 1. The number of nitrogens with one attached hydrogen (secondary N) is 1. The van der Waals surface area contributed by atoms with E-state index in [1.54, 1.807) is 31.2 Å². The van der Waals surface area contributed by atoms with Crippen LogP contribution in [0.25, 0.3) is 11.0 Å². The van der Waals surface area contributed by atoms with Crippen LogP contribution in [0.3, 0.4) is 0 Å². The molecule has 3 heterocycles. The Bertz CT molecular complexity index is 1650. The van der Waals surface area contributed by atoms with Crippen LogP contribution in [0.1, 0.15) is 60.3 Å². The number of hydrogen-bond acceptors (Lipinski definition) is 7. The van der Waals surface area contributed by atoms with Crippen LogP contribution >= 0.6 is 0 Å². The van der Waals surface area contributed by atoms with Gasteiger partial charge in [-0.1, -0.05) is 19.1 Å². The first-order valence-electron chi connectivity index (χ1n) is 13.7. The highest BCUT2D eigenvalue weighted by Gasteiger charge is 2.33. The van der Waals surface area contributed by atoms with Crippen molar-refractivity contribution in [3.63, 3.8) is 0 Å². The fourth-order valence-electron chi connectivity index (χ4n) is 5.35. The first-order valence-corrected chi connectivity index (χ1v) is 15.3. The highest BCUT2D eigenvalue weighted by atomic mass is 32.2. The first kappa shape index (κ1) is 26.4. The molecule has 0 bridgehead atoms. The third-order valence-electron chi connectivity index (χ3n) is 7.73. The maximum atomic E-state index is 13.4. The number of aromatic nitrogens is 4. The molecule has 1 unspecified atom stereocenters. The van der Waals surface area contributed by atoms with E-state index in [0.717, 1.165) is 61.2 Å². The number of amides is 1. The lowest BCUT2D eigenvalue weighted by Gasteiger charge is -2.25. The molecule has 1 aliphatic carbocycles. The standard InChI is InChI=1S/C29H31FN6O3S/c1-2-40(38,39)24-10-5-19(6-11-24)15-31-28(37)21-9-12-26-25(14-21)34-27(20-7-8-20)36(26)18-23-4-3-13-35(23)29-32-16-22(30)17-33-29/h5-6,9-12,14,16-17,20,23H,2-4,7-8,13,15,18H2,1H3,(H,31,37). The largest absolute Gasteiger partial charge is 0.348 e. The molecule has 6 rings (SSSR count). The Morgan fingerprint density at radius 1 is 1.07 bits per heavy atom. The van der Waals surface area contributed by atoms with Crippen molar-refractivity contribution in [2.45, 2.75) is 62.6 Å². The normalized spacial score (nSPS) is 17.4. The van der Waals surface area contributed by atoms with Crippen LogP contribution in [0.5, 0.6) is 0 Å². The number of nitrogens with zero attached hydrogens (tertiary/aromatic N) is 5. The number of fused-ring (bicyclic) bond motifs is 1. The van der Waals surface area contributed by atoms with Gasteiger partial charge in [-0.2, -0.15) is 0 Å². The van der Waals surface area contributed by atoms with Gasteiger partial charge in [0, 0.05) is 37.2 Å². The quantitative estimate of drug-likeness (QED) is 0.325. The molecule has 4 aromatic rings. The number of halogens is 1. The predicted octanol–water partition coefficient (Wildman–Crippen LogP) is 4.24. The minimum atomic E-state index is -3.26. The average molecular weight is 563 g/mol. The molecule has 2 fully saturated rings. The van der Waals surface area contributed by atoms with Crippen LogP contribution in [-0.4, -0.2) is 52.2 Å². The Labute approximate surface area is 232 Å². The molecule has 9 nitrogen and oxygen atoms in total. The van der Waals surface area contributed by atoms with Gasteiger partial charge < -0.3 is 14.8 Å². The van der Waals surface area contributed by atoms with Crippen LogP contribution in [0.4, 0.5) is 10.3 Å². The van der Waals surface area contributed by atoms with Gasteiger partial charge in [-0.05, 0) is 61.6 Å². The lowest BCUT2D eigenvalue weighted by Crippen LogP contribution is -2.34. The molecule has 0 spiro atoms. The summed E-state index contributed by atoms with van der Waals surface area (Å²) in [4.78, 5) is 28.8. The molecule has 1 saturated carbocycles. The minimum Gasteiger partial charge on any atom is -0.348 e. The molecular weight excluding hydrogens is 531 g/mol. The van der Waals surface area contributed by atoms with E-state index in [-0.39, 0.29) is 29.1 Å². The van der Waals surface area contributed by atoms with Crippen LogP contribution in [-0.2, 0) is 22.9 Å². The summed E-state index contributed by atoms with van der Waals surface area (Å²) in [6.45, 7) is 3.44. The molecule has 208 valence electrons. The number of carbonyl (C=O) groups is 1. The van der Waals surface area contributed by atoms with E-state index in [2.05, 4.69) is 24.8 Å². The van der Waals surface area contributed by atoms with Gasteiger partial charge in [-0.3, -0.25) is 4.79 Å². The highest BCUT2D eigenvalue weighted by molar-refractivity contribution is 7.91. The second-order valence-corrected chi connectivity index (χ2v) is 12.8. The summed E-state index contributed by atoms with van der Waals surface area (Å²) in [5.41, 5.74) is 3.10.